The molecule has 1 atom stereocenters. The van der Waals surface area contributed by atoms with Crippen molar-refractivity contribution in [2.75, 3.05) is 0 Å². The summed E-state index contributed by atoms with van der Waals surface area (Å²) in [5.74, 6) is -3.49. The Morgan fingerprint density at radius 3 is 2.34 bits per heavy atom. The first kappa shape index (κ1) is 22.8. The first-order chi connectivity index (χ1) is 15.5. The molecule has 2 aliphatic rings. The number of hydrogen-bond acceptors (Lipinski definition) is 0. The maximum atomic E-state index is 15.2. The summed E-state index contributed by atoms with van der Waals surface area (Å²) >= 11 is 0. The molecule has 0 aliphatic heterocycles. The van der Waals surface area contributed by atoms with E-state index in [-0.39, 0.29) is 28.7 Å². The molecule has 0 saturated heterocycles. The van der Waals surface area contributed by atoms with E-state index in [1.807, 2.05) is 6.08 Å². The van der Waals surface area contributed by atoms with Crippen molar-refractivity contribution < 1.29 is 17.6 Å². The maximum absolute atomic E-state index is 15.2. The van der Waals surface area contributed by atoms with Crippen LogP contribution in [0.4, 0.5) is 17.6 Å². The van der Waals surface area contributed by atoms with Crippen molar-refractivity contribution in [3.63, 3.8) is 0 Å². The van der Waals surface area contributed by atoms with E-state index in [0.29, 0.717) is 36.3 Å². The zero-order chi connectivity index (χ0) is 22.8. The minimum Gasteiger partial charge on any atom is -0.203 e. The van der Waals surface area contributed by atoms with Crippen LogP contribution in [0.2, 0.25) is 0 Å². The van der Waals surface area contributed by atoms with E-state index in [0.717, 1.165) is 18.4 Å². The molecule has 0 amide bonds. The zero-order valence-electron chi connectivity index (χ0n) is 18.7. The fourth-order valence-electron chi connectivity index (χ4n) is 5.19. The van der Waals surface area contributed by atoms with Crippen molar-refractivity contribution in [3.8, 4) is 11.1 Å². The van der Waals surface area contributed by atoms with Crippen molar-refractivity contribution >= 4 is 5.57 Å². The van der Waals surface area contributed by atoms with Crippen LogP contribution in [0.1, 0.15) is 80.5 Å². The predicted octanol–water partition coefficient (Wildman–Crippen LogP) is 8.70. The molecule has 0 spiro atoms. The minimum atomic E-state index is -1.09. The molecule has 0 N–H and O–H groups in total. The van der Waals surface area contributed by atoms with Crippen molar-refractivity contribution in [1.29, 1.82) is 0 Å². The third kappa shape index (κ3) is 4.16. The Hall–Kier alpha value is -2.36. The molecule has 0 nitrogen and oxygen atoms in total. The summed E-state index contributed by atoms with van der Waals surface area (Å²) in [4.78, 5) is 0. The molecular weight excluding hydrogens is 412 g/mol. The Bertz CT molecular complexity index is 1060. The van der Waals surface area contributed by atoms with Gasteiger partial charge in [-0.3, -0.25) is 0 Å². The molecule has 0 heterocycles. The van der Waals surface area contributed by atoms with Gasteiger partial charge in [-0.25, -0.2) is 17.6 Å². The first-order valence-electron chi connectivity index (χ1n) is 11.8. The molecule has 4 rings (SSSR count). The van der Waals surface area contributed by atoms with Crippen molar-refractivity contribution in [1.82, 2.24) is 0 Å². The third-order valence-electron chi connectivity index (χ3n) is 6.98. The highest BCUT2D eigenvalue weighted by atomic mass is 19.2. The predicted molar refractivity (Wildman–Crippen MR) is 122 cm³/mol. The number of unbranched alkanes of at least 4 members (excludes halogenated alkanes) is 2. The quantitative estimate of drug-likeness (QED) is 0.186. The van der Waals surface area contributed by atoms with Crippen molar-refractivity contribution in [2.45, 2.75) is 71.1 Å². The number of hydrogen-bond donors (Lipinski definition) is 0. The number of fused-ring (bicyclic) bond motifs is 3. The first-order valence-corrected chi connectivity index (χ1v) is 11.8. The molecule has 4 heteroatoms. The van der Waals surface area contributed by atoms with Gasteiger partial charge in [-0.1, -0.05) is 50.8 Å². The summed E-state index contributed by atoms with van der Waals surface area (Å²) in [5, 5.41) is 0. The Morgan fingerprint density at radius 2 is 1.69 bits per heavy atom. The van der Waals surface area contributed by atoms with Crippen molar-refractivity contribution in [3.05, 3.63) is 76.4 Å². The largest absolute Gasteiger partial charge is 0.203 e. The van der Waals surface area contributed by atoms with Gasteiger partial charge in [0.15, 0.2) is 23.3 Å². The van der Waals surface area contributed by atoms with Crippen LogP contribution < -0.4 is 0 Å². The van der Waals surface area contributed by atoms with Gasteiger partial charge >= 0.3 is 0 Å². The second-order valence-electron chi connectivity index (χ2n) is 9.15. The minimum absolute atomic E-state index is 0.123. The van der Waals surface area contributed by atoms with E-state index in [1.54, 1.807) is 18.2 Å². The van der Waals surface area contributed by atoms with Gasteiger partial charge in [0.1, 0.15) is 0 Å². The molecular formula is C28H30F4. The summed E-state index contributed by atoms with van der Waals surface area (Å²) < 4.78 is 59.8. The van der Waals surface area contributed by atoms with Crippen LogP contribution >= 0.6 is 0 Å². The van der Waals surface area contributed by atoms with E-state index in [4.69, 9.17) is 0 Å². The molecule has 0 aromatic heterocycles. The Labute approximate surface area is 188 Å². The molecule has 1 unspecified atom stereocenters. The number of rotatable bonds is 8. The normalized spacial score (nSPS) is 17.2. The van der Waals surface area contributed by atoms with Crippen LogP contribution in [0.25, 0.3) is 16.7 Å². The lowest BCUT2D eigenvalue weighted by Crippen LogP contribution is -2.07. The highest BCUT2D eigenvalue weighted by Crippen LogP contribution is 2.45. The molecule has 2 aromatic rings. The average molecular weight is 443 g/mol. The van der Waals surface area contributed by atoms with Gasteiger partial charge in [0.05, 0.1) is 0 Å². The SMILES string of the molecule is C=CCCc1cc2c(c(F)c1F)-c1c(cc(C3=CCC(CCCCC)CC3)c(F)c1F)C2. The molecule has 0 bridgehead atoms. The standard InChI is InChI=1S/C28H30F4/c1-3-5-7-8-17-10-12-18(13-11-17)22-16-21-15-20-14-19(9-6-4-2)25(29)27(31)23(20)24(21)28(32)26(22)30/h4,12,14,16-17H,2-3,5-11,13,15H2,1H3. The van der Waals surface area contributed by atoms with Crippen LogP contribution in [-0.4, -0.2) is 0 Å². The van der Waals surface area contributed by atoms with Gasteiger partial charge in [-0.05, 0) is 72.8 Å². The summed E-state index contributed by atoms with van der Waals surface area (Å²) in [7, 11) is 0. The lowest BCUT2D eigenvalue weighted by atomic mass is 9.83. The van der Waals surface area contributed by atoms with Crippen LogP contribution in [0.15, 0.2) is 30.9 Å². The third-order valence-corrected chi connectivity index (χ3v) is 6.98. The van der Waals surface area contributed by atoms with E-state index in [1.165, 1.54) is 25.7 Å². The Balaban J connectivity index is 1.65. The fraction of sp³-hybridized carbons (Fsp3) is 0.429. The summed E-state index contributed by atoms with van der Waals surface area (Å²) in [5.41, 5.74) is 2.14. The Kier molecular flexibility index (Phi) is 6.88. The fourth-order valence-corrected chi connectivity index (χ4v) is 5.19. The highest BCUT2D eigenvalue weighted by Gasteiger charge is 2.32. The zero-order valence-corrected chi connectivity index (χ0v) is 18.7. The second-order valence-corrected chi connectivity index (χ2v) is 9.15. The topological polar surface area (TPSA) is 0 Å². The molecule has 0 saturated carbocycles. The summed E-state index contributed by atoms with van der Waals surface area (Å²) in [6.45, 7) is 5.80. The van der Waals surface area contributed by atoms with Gasteiger partial charge in [-0.2, -0.15) is 0 Å². The smallest absolute Gasteiger partial charge is 0.167 e. The van der Waals surface area contributed by atoms with Gasteiger partial charge in [0.25, 0.3) is 0 Å². The van der Waals surface area contributed by atoms with Crippen LogP contribution in [0.3, 0.4) is 0 Å². The Morgan fingerprint density at radius 1 is 0.969 bits per heavy atom. The van der Waals surface area contributed by atoms with E-state index in [2.05, 4.69) is 13.5 Å². The van der Waals surface area contributed by atoms with E-state index in [9.17, 15) is 8.78 Å². The van der Waals surface area contributed by atoms with Gasteiger partial charge in [0, 0.05) is 16.7 Å². The van der Waals surface area contributed by atoms with E-state index >= 15 is 8.78 Å². The lowest BCUT2D eigenvalue weighted by molar-refractivity contribution is 0.427. The lowest BCUT2D eigenvalue weighted by Gasteiger charge is -2.23. The maximum Gasteiger partial charge on any atom is 0.167 e. The van der Waals surface area contributed by atoms with Crippen LogP contribution in [0, 0.1) is 29.2 Å². The number of aryl methyl sites for hydroxylation is 1. The second kappa shape index (κ2) is 9.64. The number of benzene rings is 2. The van der Waals surface area contributed by atoms with Crippen molar-refractivity contribution in [2.24, 2.45) is 5.92 Å². The number of halogens is 4. The van der Waals surface area contributed by atoms with E-state index < -0.39 is 23.3 Å². The molecule has 170 valence electrons. The van der Waals surface area contributed by atoms with Gasteiger partial charge in [-0.15, -0.1) is 6.58 Å². The molecule has 0 fully saturated rings. The van der Waals surface area contributed by atoms with Crippen LogP contribution in [0.5, 0.6) is 0 Å². The summed E-state index contributed by atoms with van der Waals surface area (Å²) in [6.07, 6.45) is 12.2. The number of allylic oxidation sites excluding steroid dienone is 3. The van der Waals surface area contributed by atoms with Gasteiger partial charge < -0.3 is 0 Å². The molecule has 0 radical (unpaired) electrons. The van der Waals surface area contributed by atoms with Crippen LogP contribution in [-0.2, 0) is 12.8 Å². The molecule has 32 heavy (non-hydrogen) atoms. The highest BCUT2D eigenvalue weighted by molar-refractivity contribution is 5.81. The monoisotopic (exact) mass is 442 g/mol. The molecule has 2 aliphatic carbocycles. The summed E-state index contributed by atoms with van der Waals surface area (Å²) in [6, 6.07) is 3.24. The van der Waals surface area contributed by atoms with Gasteiger partial charge in [0.2, 0.25) is 0 Å². The molecule has 2 aromatic carbocycles. The average Bonchev–Trinajstić information content (AvgIpc) is 3.17.